The van der Waals surface area contributed by atoms with E-state index in [0.29, 0.717) is 41.4 Å². The van der Waals surface area contributed by atoms with E-state index in [1.807, 2.05) is 4.90 Å². The Hall–Kier alpha value is -1.61. The summed E-state index contributed by atoms with van der Waals surface area (Å²) in [5.41, 5.74) is 1.02. The van der Waals surface area contributed by atoms with Crippen LogP contribution in [0.1, 0.15) is 16.8 Å². The van der Waals surface area contributed by atoms with Crippen LogP contribution in [0.2, 0.25) is 10.0 Å². The van der Waals surface area contributed by atoms with Gasteiger partial charge in [-0.05, 0) is 18.6 Å². The molecular weight excluding hydrogens is 389 g/mol. The fraction of sp³-hybridized carbons (Fsp3) is 0.333. The number of halogens is 2. The summed E-state index contributed by atoms with van der Waals surface area (Å²) in [7, 11) is -3.61. The van der Waals surface area contributed by atoms with E-state index in [0.717, 1.165) is 6.26 Å². The molecule has 0 radical (unpaired) electrons. The van der Waals surface area contributed by atoms with Crippen molar-refractivity contribution in [3.05, 3.63) is 49.4 Å². The van der Waals surface area contributed by atoms with Gasteiger partial charge in [0.2, 0.25) is 15.0 Å². The summed E-state index contributed by atoms with van der Waals surface area (Å²) in [4.78, 5) is 20.4. The molecule has 0 spiro atoms. The number of aromatic hydroxyl groups is 1. The molecule has 0 bridgehead atoms. The quantitative estimate of drug-likeness (QED) is 0.756. The van der Waals surface area contributed by atoms with Crippen molar-refractivity contribution in [3.8, 4) is 5.75 Å². The molecule has 1 aromatic heterocycles. The summed E-state index contributed by atoms with van der Waals surface area (Å²) in [6.07, 6.45) is 1.42. The number of benzene rings is 1. The fourth-order valence-corrected chi connectivity index (χ4v) is 3.85. The first-order valence-electron chi connectivity index (χ1n) is 7.36. The Labute approximate surface area is 154 Å². The van der Waals surface area contributed by atoms with Gasteiger partial charge in [-0.2, -0.15) is 0 Å². The minimum Gasteiger partial charge on any atom is -0.506 e. The second-order valence-electron chi connectivity index (χ2n) is 5.92. The minimum absolute atomic E-state index is 0.0486. The van der Waals surface area contributed by atoms with Gasteiger partial charge in [-0.3, -0.25) is 14.7 Å². The summed E-state index contributed by atoms with van der Waals surface area (Å²) in [6.45, 7) is 1.18. The van der Waals surface area contributed by atoms with Gasteiger partial charge in [0, 0.05) is 42.0 Å². The van der Waals surface area contributed by atoms with Crippen molar-refractivity contribution >= 4 is 33.0 Å². The number of nitrogens with zero attached hydrogens (tertiary/aromatic N) is 2. The number of hydrogen-bond acceptors (Lipinski definition) is 6. The van der Waals surface area contributed by atoms with Gasteiger partial charge in [-0.1, -0.05) is 23.2 Å². The molecule has 1 aliphatic heterocycles. The molecule has 3 rings (SSSR count). The molecule has 1 aliphatic rings. The summed E-state index contributed by atoms with van der Waals surface area (Å²) in [5.74, 6) is -0.0486. The molecule has 0 saturated heterocycles. The van der Waals surface area contributed by atoms with E-state index in [-0.39, 0.29) is 22.5 Å². The van der Waals surface area contributed by atoms with Crippen LogP contribution in [0.15, 0.2) is 22.1 Å². The zero-order valence-corrected chi connectivity index (χ0v) is 15.5. The summed E-state index contributed by atoms with van der Waals surface area (Å²) in [6, 6.07) is 3.07. The van der Waals surface area contributed by atoms with Crippen LogP contribution in [0.3, 0.4) is 0 Å². The Morgan fingerprint density at radius 1 is 1.36 bits per heavy atom. The van der Waals surface area contributed by atoms with Crippen LogP contribution >= 0.6 is 23.2 Å². The predicted molar refractivity (Wildman–Crippen MR) is 93.9 cm³/mol. The third kappa shape index (κ3) is 3.82. The van der Waals surface area contributed by atoms with Gasteiger partial charge >= 0.3 is 0 Å². The van der Waals surface area contributed by atoms with Gasteiger partial charge in [-0.15, -0.1) is 0 Å². The molecular formula is C15H15Cl2N3O4S. The van der Waals surface area contributed by atoms with Gasteiger partial charge in [0.05, 0.1) is 10.7 Å². The Morgan fingerprint density at radius 3 is 2.76 bits per heavy atom. The second kappa shape index (κ2) is 6.60. The highest BCUT2D eigenvalue weighted by molar-refractivity contribution is 7.90. The van der Waals surface area contributed by atoms with Crippen LogP contribution in [0.4, 0.5) is 0 Å². The highest BCUT2D eigenvalue weighted by Gasteiger charge is 2.24. The van der Waals surface area contributed by atoms with Crippen molar-refractivity contribution in [3.63, 3.8) is 0 Å². The normalized spacial score (nSPS) is 15.2. The van der Waals surface area contributed by atoms with Crippen molar-refractivity contribution in [1.29, 1.82) is 0 Å². The molecule has 2 heterocycles. The number of aromatic nitrogens is 2. The molecule has 25 heavy (non-hydrogen) atoms. The number of rotatable bonds is 3. The number of phenolic OH excluding ortho intramolecular Hbond substituents is 1. The third-order valence-electron chi connectivity index (χ3n) is 3.98. The molecule has 0 atom stereocenters. The lowest BCUT2D eigenvalue weighted by molar-refractivity contribution is 0.236. The molecule has 0 saturated carbocycles. The van der Waals surface area contributed by atoms with Gasteiger partial charge in [0.1, 0.15) is 5.75 Å². The van der Waals surface area contributed by atoms with Crippen molar-refractivity contribution in [2.24, 2.45) is 0 Å². The van der Waals surface area contributed by atoms with Crippen LogP contribution in [-0.4, -0.2) is 41.2 Å². The number of aromatic amines is 1. The van der Waals surface area contributed by atoms with Gasteiger partial charge in [0.25, 0.3) is 5.56 Å². The summed E-state index contributed by atoms with van der Waals surface area (Å²) in [5, 5.41) is 10.3. The maximum absolute atomic E-state index is 12.1. The lowest BCUT2D eigenvalue weighted by Gasteiger charge is -2.28. The van der Waals surface area contributed by atoms with Crippen molar-refractivity contribution in [2.75, 3.05) is 12.8 Å². The van der Waals surface area contributed by atoms with Crippen LogP contribution in [0.25, 0.3) is 0 Å². The highest BCUT2D eigenvalue weighted by Crippen LogP contribution is 2.32. The average Bonchev–Trinajstić information content (AvgIpc) is 2.51. The Kier molecular flexibility index (Phi) is 4.80. The lowest BCUT2D eigenvalue weighted by Crippen LogP contribution is -2.35. The second-order valence-corrected chi connectivity index (χ2v) is 8.70. The van der Waals surface area contributed by atoms with E-state index in [2.05, 4.69) is 9.97 Å². The maximum Gasteiger partial charge on any atom is 0.255 e. The summed E-state index contributed by atoms with van der Waals surface area (Å²) < 4.78 is 23.3. The van der Waals surface area contributed by atoms with Gasteiger partial charge in [-0.25, -0.2) is 13.4 Å². The first kappa shape index (κ1) is 18.2. The van der Waals surface area contributed by atoms with Crippen LogP contribution in [0.5, 0.6) is 5.75 Å². The van der Waals surface area contributed by atoms with E-state index < -0.39 is 15.4 Å². The van der Waals surface area contributed by atoms with Crippen molar-refractivity contribution < 1.29 is 13.5 Å². The zero-order chi connectivity index (χ0) is 18.4. The molecule has 10 heteroatoms. The number of hydrogen-bond donors (Lipinski definition) is 2. The Balaban J connectivity index is 1.91. The number of fused-ring (bicyclic) bond motifs is 1. The third-order valence-corrected chi connectivity index (χ3v) is 5.39. The first-order chi connectivity index (χ1) is 11.6. The lowest BCUT2D eigenvalue weighted by atomic mass is 10.1. The maximum atomic E-state index is 12.1. The van der Waals surface area contributed by atoms with Gasteiger partial charge in [0.15, 0.2) is 0 Å². The molecule has 0 unspecified atom stereocenters. The largest absolute Gasteiger partial charge is 0.506 e. The van der Waals surface area contributed by atoms with Crippen molar-refractivity contribution in [1.82, 2.24) is 14.9 Å². The molecule has 134 valence electrons. The van der Waals surface area contributed by atoms with E-state index in [1.54, 1.807) is 6.07 Å². The standard InChI is InChI=1S/C15H15Cl2N3O4S/c1-25(23,24)15-18-12-7-20(3-2-10(12)14(22)19-15)6-8-4-9(16)5-11(17)13(8)21/h4-5,21H,2-3,6-7H2,1H3,(H,18,19,22). The van der Waals surface area contributed by atoms with Crippen LogP contribution in [-0.2, 0) is 29.3 Å². The molecule has 2 aromatic rings. The molecule has 0 amide bonds. The summed E-state index contributed by atoms with van der Waals surface area (Å²) >= 11 is 11.9. The van der Waals surface area contributed by atoms with E-state index in [1.165, 1.54) is 6.07 Å². The zero-order valence-electron chi connectivity index (χ0n) is 13.2. The minimum atomic E-state index is -3.61. The molecule has 2 N–H and O–H groups in total. The van der Waals surface area contributed by atoms with Gasteiger partial charge < -0.3 is 5.11 Å². The van der Waals surface area contributed by atoms with Crippen LogP contribution < -0.4 is 5.56 Å². The number of sulfone groups is 1. The molecule has 7 nitrogen and oxygen atoms in total. The van der Waals surface area contributed by atoms with Crippen molar-refractivity contribution in [2.45, 2.75) is 24.7 Å². The van der Waals surface area contributed by atoms with E-state index in [4.69, 9.17) is 23.2 Å². The Bertz CT molecular complexity index is 1000. The number of phenols is 1. The predicted octanol–water partition coefficient (Wildman–Crippen LogP) is 1.74. The smallest absolute Gasteiger partial charge is 0.255 e. The highest BCUT2D eigenvalue weighted by atomic mass is 35.5. The first-order valence-corrected chi connectivity index (χ1v) is 10.0. The number of H-pyrrole nitrogens is 1. The monoisotopic (exact) mass is 403 g/mol. The molecule has 0 aliphatic carbocycles. The molecule has 0 fully saturated rings. The average molecular weight is 404 g/mol. The topological polar surface area (TPSA) is 103 Å². The SMILES string of the molecule is CS(=O)(=O)c1nc2c(c(=O)[nH]1)CCN(Cc1cc(Cl)cc(Cl)c1O)C2. The van der Waals surface area contributed by atoms with E-state index in [9.17, 15) is 18.3 Å². The van der Waals surface area contributed by atoms with Crippen LogP contribution in [0, 0.1) is 0 Å². The Morgan fingerprint density at radius 2 is 2.08 bits per heavy atom. The van der Waals surface area contributed by atoms with E-state index >= 15 is 0 Å². The fourth-order valence-electron chi connectivity index (χ4n) is 2.76. The number of nitrogens with one attached hydrogen (secondary N) is 1. The molecule has 1 aromatic carbocycles.